The molecule has 16 heteroatoms. The summed E-state index contributed by atoms with van der Waals surface area (Å²) in [5.74, 6) is 0.235. The lowest BCUT2D eigenvalue weighted by Crippen LogP contribution is -2.29. The zero-order valence-corrected chi connectivity index (χ0v) is 19.4. The maximum absolute atomic E-state index is 12.0. The lowest BCUT2D eigenvalue weighted by atomic mass is 10.2. The molecule has 7 N–H and O–H groups in total. The molecule has 0 bridgehead atoms. The largest absolute Gasteiger partial charge is 0.469 e. The Hall–Kier alpha value is -1.16. The number of nitrogens with one attached hydrogen (secondary N) is 1. The number of H-pyrrole nitrogens is 1. The molecule has 1 saturated heterocycles. The first kappa shape index (κ1) is 24.5. The van der Waals surface area contributed by atoms with Crippen LogP contribution in [0.1, 0.15) is 26.5 Å². The number of fused-ring (bicyclic) bond motifs is 1. The summed E-state index contributed by atoms with van der Waals surface area (Å²) in [4.78, 5) is 40.6. The van der Waals surface area contributed by atoms with Crippen LogP contribution in [-0.4, -0.2) is 65.4 Å². The highest BCUT2D eigenvalue weighted by atomic mass is 33.1. The Morgan fingerprint density at radius 2 is 2.23 bits per heavy atom. The van der Waals surface area contributed by atoms with E-state index in [0.717, 1.165) is 0 Å². The second-order valence-corrected chi connectivity index (χ2v) is 11.6. The van der Waals surface area contributed by atoms with Crippen LogP contribution in [0.5, 0.6) is 0 Å². The van der Waals surface area contributed by atoms with Crippen LogP contribution in [0.2, 0.25) is 0 Å². The topological polar surface area (TPSA) is 201 Å². The number of imidazole rings is 1. The van der Waals surface area contributed by atoms with Crippen molar-refractivity contribution < 1.29 is 28.3 Å². The fourth-order valence-electron chi connectivity index (χ4n) is 2.85. The van der Waals surface area contributed by atoms with Gasteiger partial charge in [-0.2, -0.15) is 4.98 Å². The second-order valence-electron chi connectivity index (χ2n) is 7.41. The van der Waals surface area contributed by atoms with E-state index in [1.54, 1.807) is 10.8 Å². The number of nitrogen functional groups attached to an aromatic ring is 1. The van der Waals surface area contributed by atoms with Gasteiger partial charge in [-0.1, -0.05) is 21.6 Å². The fourth-order valence-corrected chi connectivity index (χ4v) is 5.33. The van der Waals surface area contributed by atoms with E-state index in [9.17, 15) is 9.36 Å². The maximum Gasteiger partial charge on any atom is 0.469 e. The lowest BCUT2D eigenvalue weighted by Gasteiger charge is -2.22. The maximum atomic E-state index is 12.0. The smallest absolute Gasteiger partial charge is 0.369 e. The summed E-state index contributed by atoms with van der Waals surface area (Å²) in [6.07, 6.45) is -0.216. The molecule has 1 fully saturated rings. The molecule has 31 heavy (non-hydrogen) atoms. The fraction of sp³-hybridized carbons (Fsp3) is 0.667. The summed E-state index contributed by atoms with van der Waals surface area (Å²) < 4.78 is 29.0. The van der Waals surface area contributed by atoms with Crippen molar-refractivity contribution in [2.24, 2.45) is 5.73 Å². The molecule has 0 aromatic carbocycles. The first-order chi connectivity index (χ1) is 14.5. The van der Waals surface area contributed by atoms with Crippen LogP contribution in [0, 0.1) is 0 Å². The number of nitrogens with zero attached hydrogens (tertiary/aromatic N) is 3. The molecule has 3 rings (SSSR count). The molecule has 0 unspecified atom stereocenters. The Bertz CT molecular complexity index is 1010. The van der Waals surface area contributed by atoms with Crippen molar-refractivity contribution in [2.45, 2.75) is 43.5 Å². The molecule has 2 aromatic heterocycles. The molecular weight excluding hydrogens is 471 g/mol. The summed E-state index contributed by atoms with van der Waals surface area (Å²) in [6.45, 7) is 4.16. The average Bonchev–Trinajstić information content (AvgIpc) is 3.27. The number of phosphoric acid groups is 1. The molecule has 0 spiro atoms. The monoisotopic (exact) mass is 496 g/mol. The van der Waals surface area contributed by atoms with Gasteiger partial charge >= 0.3 is 7.82 Å². The third kappa shape index (κ3) is 6.43. The van der Waals surface area contributed by atoms with E-state index in [1.807, 2.05) is 13.8 Å². The van der Waals surface area contributed by atoms with Gasteiger partial charge in [0.1, 0.15) is 18.3 Å². The van der Waals surface area contributed by atoms with E-state index < -0.39 is 31.8 Å². The summed E-state index contributed by atoms with van der Waals surface area (Å²) in [5.41, 5.74) is 11.2. The highest BCUT2D eigenvalue weighted by Gasteiger charge is 2.39. The Morgan fingerprint density at radius 3 is 2.90 bits per heavy atom. The molecule has 1 aliphatic rings. The van der Waals surface area contributed by atoms with E-state index >= 15 is 0 Å². The Balaban J connectivity index is 1.73. The van der Waals surface area contributed by atoms with Gasteiger partial charge in [0.05, 0.1) is 19.0 Å². The van der Waals surface area contributed by atoms with Gasteiger partial charge in [-0.15, -0.1) is 0 Å². The number of rotatable bonds is 10. The molecule has 3 heterocycles. The van der Waals surface area contributed by atoms with Crippen LogP contribution < -0.4 is 17.0 Å². The number of anilines is 1. The van der Waals surface area contributed by atoms with Crippen molar-refractivity contribution in [2.75, 3.05) is 24.8 Å². The average molecular weight is 497 g/mol. The predicted molar refractivity (Wildman–Crippen MR) is 117 cm³/mol. The molecule has 0 amide bonds. The number of hydrogen-bond donors (Lipinski definition) is 5. The van der Waals surface area contributed by atoms with Crippen LogP contribution in [0.3, 0.4) is 0 Å². The van der Waals surface area contributed by atoms with Crippen LogP contribution in [-0.2, 0) is 18.6 Å². The second kappa shape index (κ2) is 9.77. The zero-order valence-electron chi connectivity index (χ0n) is 16.8. The highest BCUT2D eigenvalue weighted by Crippen LogP contribution is 2.40. The molecule has 13 nitrogen and oxygen atoms in total. The highest BCUT2D eigenvalue weighted by molar-refractivity contribution is 8.77. The van der Waals surface area contributed by atoms with Gasteiger partial charge in [0.2, 0.25) is 5.95 Å². The lowest BCUT2D eigenvalue weighted by molar-refractivity contribution is -0.0523. The third-order valence-corrected chi connectivity index (χ3v) is 7.90. The summed E-state index contributed by atoms with van der Waals surface area (Å²) >= 11 is 0. The first-order valence-corrected chi connectivity index (χ1v) is 13.0. The SMILES string of the molecule is CC(C)(CN)SSCO[C@@H]1C[C@H](n2cnc3c(=O)[nH]c(N)nc32)O[C@@H]1COP(=O)(O)O. The van der Waals surface area contributed by atoms with Crippen molar-refractivity contribution in [3.63, 3.8) is 0 Å². The van der Waals surface area contributed by atoms with E-state index in [2.05, 4.69) is 19.5 Å². The van der Waals surface area contributed by atoms with E-state index in [4.69, 9.17) is 30.7 Å². The van der Waals surface area contributed by atoms with Gasteiger partial charge in [-0.05, 0) is 13.8 Å². The number of nitrogens with two attached hydrogens (primary N) is 2. The van der Waals surface area contributed by atoms with Crippen LogP contribution in [0.4, 0.5) is 5.95 Å². The summed E-state index contributed by atoms with van der Waals surface area (Å²) in [6, 6.07) is 0. The molecule has 3 atom stereocenters. The Labute approximate surface area is 185 Å². The van der Waals surface area contributed by atoms with Gasteiger partial charge in [-0.25, -0.2) is 9.55 Å². The molecule has 0 saturated carbocycles. The molecule has 0 aliphatic carbocycles. The minimum Gasteiger partial charge on any atom is -0.369 e. The minimum atomic E-state index is -4.69. The van der Waals surface area contributed by atoms with Crippen molar-refractivity contribution in [3.8, 4) is 0 Å². The molecule has 174 valence electrons. The number of phosphoric ester groups is 1. The quantitative estimate of drug-likeness (QED) is 0.132. The number of aromatic nitrogens is 4. The normalized spacial score (nSPS) is 22.4. The van der Waals surface area contributed by atoms with Crippen molar-refractivity contribution >= 4 is 46.5 Å². The van der Waals surface area contributed by atoms with Crippen LogP contribution in [0.25, 0.3) is 11.2 Å². The first-order valence-electron chi connectivity index (χ1n) is 9.19. The Morgan fingerprint density at radius 1 is 1.48 bits per heavy atom. The van der Waals surface area contributed by atoms with Gasteiger partial charge in [0.25, 0.3) is 5.56 Å². The van der Waals surface area contributed by atoms with E-state index in [-0.39, 0.29) is 28.5 Å². The van der Waals surface area contributed by atoms with Crippen LogP contribution >= 0.6 is 29.4 Å². The number of ether oxygens (including phenoxy) is 2. The van der Waals surface area contributed by atoms with E-state index in [0.29, 0.717) is 18.9 Å². The van der Waals surface area contributed by atoms with Gasteiger partial charge < -0.3 is 30.7 Å². The minimum absolute atomic E-state index is 0.0672. The molecule has 0 radical (unpaired) electrons. The predicted octanol–water partition coefficient (Wildman–Crippen LogP) is 0.560. The summed E-state index contributed by atoms with van der Waals surface area (Å²) in [5, 5.41) is 0. The van der Waals surface area contributed by atoms with Crippen molar-refractivity contribution in [3.05, 3.63) is 16.7 Å². The zero-order chi connectivity index (χ0) is 22.8. The van der Waals surface area contributed by atoms with E-state index in [1.165, 1.54) is 21.7 Å². The van der Waals surface area contributed by atoms with Gasteiger partial charge in [0, 0.05) is 17.7 Å². The summed E-state index contributed by atoms with van der Waals surface area (Å²) in [7, 11) is -1.64. The van der Waals surface area contributed by atoms with Gasteiger partial charge in [0.15, 0.2) is 11.2 Å². The number of aromatic amines is 1. The molecule has 2 aromatic rings. The molecule has 1 aliphatic heterocycles. The Kier molecular flexibility index (Phi) is 7.71. The standard InChI is InChI=1S/C15H25N6O7PS2/c1-15(2,5-16)31-30-7-26-8-3-10(28-9(8)4-27-29(23,24)25)21-6-18-11-12(21)19-14(17)20-13(11)22/h6,8-10H,3-5,7,16H2,1-2H3,(H2,23,24,25)(H3,17,19,20,22)/t8-,9-,10-/m1/s1. The van der Waals surface area contributed by atoms with Crippen molar-refractivity contribution in [1.29, 1.82) is 0 Å². The van der Waals surface area contributed by atoms with Crippen molar-refractivity contribution in [1.82, 2.24) is 19.5 Å². The number of hydrogen-bond acceptors (Lipinski definition) is 11. The third-order valence-electron chi connectivity index (χ3n) is 4.45. The van der Waals surface area contributed by atoms with Gasteiger partial charge in [-0.3, -0.25) is 18.9 Å². The molecular formula is C15H25N6O7PS2. The van der Waals surface area contributed by atoms with Crippen LogP contribution in [0.15, 0.2) is 11.1 Å².